The summed E-state index contributed by atoms with van der Waals surface area (Å²) in [6.45, 7) is 3.37. The molecule has 1 fully saturated rings. The molecule has 118 valence electrons. The SMILES string of the molecule is COc1cccc(-c2ncc(CN3CCOC[C@H](O)C3)s2)c1. The van der Waals surface area contributed by atoms with E-state index in [4.69, 9.17) is 9.47 Å². The van der Waals surface area contributed by atoms with E-state index in [0.29, 0.717) is 19.8 Å². The smallest absolute Gasteiger partial charge is 0.123 e. The highest BCUT2D eigenvalue weighted by atomic mass is 32.1. The molecule has 6 heteroatoms. The van der Waals surface area contributed by atoms with Crippen molar-refractivity contribution in [2.75, 3.05) is 33.4 Å². The van der Waals surface area contributed by atoms with Gasteiger partial charge in [-0.15, -0.1) is 11.3 Å². The van der Waals surface area contributed by atoms with Crippen LogP contribution in [0.2, 0.25) is 0 Å². The lowest BCUT2D eigenvalue weighted by Crippen LogP contribution is -2.31. The fourth-order valence-corrected chi connectivity index (χ4v) is 3.44. The molecule has 1 saturated heterocycles. The molecule has 0 unspecified atom stereocenters. The van der Waals surface area contributed by atoms with Crippen LogP contribution in [0.15, 0.2) is 30.5 Å². The van der Waals surface area contributed by atoms with Crippen molar-refractivity contribution in [1.82, 2.24) is 9.88 Å². The molecule has 1 N–H and O–H groups in total. The summed E-state index contributed by atoms with van der Waals surface area (Å²) in [5.41, 5.74) is 1.06. The van der Waals surface area contributed by atoms with Gasteiger partial charge in [0.1, 0.15) is 10.8 Å². The van der Waals surface area contributed by atoms with Gasteiger partial charge in [0.2, 0.25) is 0 Å². The zero-order chi connectivity index (χ0) is 15.4. The molecule has 1 atom stereocenters. The van der Waals surface area contributed by atoms with Gasteiger partial charge < -0.3 is 14.6 Å². The van der Waals surface area contributed by atoms with E-state index in [9.17, 15) is 5.11 Å². The number of β-amino-alcohol motifs (C(OH)–C–C–N with tert-alkyl or cyclic N) is 1. The van der Waals surface area contributed by atoms with E-state index in [-0.39, 0.29) is 0 Å². The third kappa shape index (κ3) is 3.84. The van der Waals surface area contributed by atoms with Crippen molar-refractivity contribution in [3.05, 3.63) is 35.3 Å². The van der Waals surface area contributed by atoms with Gasteiger partial charge in [0.05, 0.1) is 26.4 Å². The monoisotopic (exact) mass is 320 g/mol. The standard InChI is InChI=1S/C16H20N2O3S/c1-20-14-4-2-3-12(7-14)16-17-8-15(22-16)10-18-5-6-21-11-13(19)9-18/h2-4,7-8,13,19H,5-6,9-11H2,1H3/t13-/m1/s1. The molecule has 0 spiro atoms. The molecule has 5 nitrogen and oxygen atoms in total. The van der Waals surface area contributed by atoms with Crippen LogP contribution in [0, 0.1) is 0 Å². The molecule has 0 saturated carbocycles. The van der Waals surface area contributed by atoms with Gasteiger partial charge in [-0.1, -0.05) is 12.1 Å². The topological polar surface area (TPSA) is 54.8 Å². The summed E-state index contributed by atoms with van der Waals surface area (Å²) in [6.07, 6.45) is 1.51. The number of aliphatic hydroxyl groups is 1. The van der Waals surface area contributed by atoms with E-state index in [1.165, 1.54) is 4.88 Å². The van der Waals surface area contributed by atoms with Crippen molar-refractivity contribution in [3.63, 3.8) is 0 Å². The first-order chi connectivity index (χ1) is 10.7. The normalized spacial score (nSPS) is 19.8. The van der Waals surface area contributed by atoms with Gasteiger partial charge in [-0.3, -0.25) is 4.90 Å². The van der Waals surface area contributed by atoms with Crippen LogP contribution < -0.4 is 4.74 Å². The Morgan fingerprint density at radius 3 is 3.27 bits per heavy atom. The Hall–Kier alpha value is -1.47. The molecule has 0 aliphatic carbocycles. The fourth-order valence-electron chi connectivity index (χ4n) is 2.49. The van der Waals surface area contributed by atoms with Gasteiger partial charge in [-0.2, -0.15) is 0 Å². The predicted molar refractivity (Wildman–Crippen MR) is 86.2 cm³/mol. The third-order valence-corrected chi connectivity index (χ3v) is 4.61. The van der Waals surface area contributed by atoms with Crippen molar-refractivity contribution in [2.45, 2.75) is 12.6 Å². The molecule has 0 amide bonds. The second-order valence-electron chi connectivity index (χ2n) is 5.33. The predicted octanol–water partition coefficient (Wildman–Crippen LogP) is 2.01. The van der Waals surface area contributed by atoms with Gasteiger partial charge in [0.25, 0.3) is 0 Å². The lowest BCUT2D eigenvalue weighted by Gasteiger charge is -2.19. The van der Waals surface area contributed by atoms with Gasteiger partial charge in [0.15, 0.2) is 0 Å². The second-order valence-corrected chi connectivity index (χ2v) is 6.44. The first kappa shape index (κ1) is 15.4. The van der Waals surface area contributed by atoms with Gasteiger partial charge >= 0.3 is 0 Å². The van der Waals surface area contributed by atoms with E-state index in [2.05, 4.69) is 9.88 Å². The fraction of sp³-hybridized carbons (Fsp3) is 0.438. The van der Waals surface area contributed by atoms with E-state index in [0.717, 1.165) is 29.4 Å². The molecular formula is C16H20N2O3S. The number of ether oxygens (including phenoxy) is 2. The molecule has 1 aromatic carbocycles. The van der Waals surface area contributed by atoms with Gasteiger partial charge in [0, 0.05) is 36.3 Å². The summed E-state index contributed by atoms with van der Waals surface area (Å²) in [6, 6.07) is 7.93. The number of thiazole rings is 1. The number of benzene rings is 1. The van der Waals surface area contributed by atoms with Crippen LogP contribution in [-0.2, 0) is 11.3 Å². The van der Waals surface area contributed by atoms with E-state index < -0.39 is 6.10 Å². The van der Waals surface area contributed by atoms with Crippen molar-refractivity contribution < 1.29 is 14.6 Å². The number of hydrogen-bond donors (Lipinski definition) is 1. The molecule has 1 aromatic heterocycles. The molecular weight excluding hydrogens is 300 g/mol. The minimum Gasteiger partial charge on any atom is -0.497 e. The molecule has 0 bridgehead atoms. The van der Waals surface area contributed by atoms with E-state index in [1.807, 2.05) is 30.5 Å². The summed E-state index contributed by atoms with van der Waals surface area (Å²) < 4.78 is 10.6. The van der Waals surface area contributed by atoms with Crippen LogP contribution in [0.25, 0.3) is 10.6 Å². The van der Waals surface area contributed by atoms with Crippen LogP contribution in [-0.4, -0.2) is 54.5 Å². The Labute approximate surface area is 134 Å². The van der Waals surface area contributed by atoms with Gasteiger partial charge in [-0.05, 0) is 12.1 Å². The van der Waals surface area contributed by atoms with Crippen molar-refractivity contribution in [3.8, 4) is 16.3 Å². The number of aromatic nitrogens is 1. The Balaban J connectivity index is 1.70. The highest BCUT2D eigenvalue weighted by Crippen LogP contribution is 2.28. The first-order valence-electron chi connectivity index (χ1n) is 7.32. The molecule has 22 heavy (non-hydrogen) atoms. The Bertz CT molecular complexity index is 617. The third-order valence-electron chi connectivity index (χ3n) is 3.58. The Kier molecular flexibility index (Phi) is 5.04. The van der Waals surface area contributed by atoms with Crippen molar-refractivity contribution >= 4 is 11.3 Å². The largest absolute Gasteiger partial charge is 0.497 e. The second kappa shape index (κ2) is 7.19. The number of rotatable bonds is 4. The molecule has 1 aliphatic heterocycles. The lowest BCUT2D eigenvalue weighted by atomic mass is 10.2. The summed E-state index contributed by atoms with van der Waals surface area (Å²) in [5.74, 6) is 0.835. The van der Waals surface area contributed by atoms with Crippen molar-refractivity contribution in [2.24, 2.45) is 0 Å². The molecule has 0 radical (unpaired) electrons. The van der Waals surface area contributed by atoms with Crippen LogP contribution in [0.5, 0.6) is 5.75 Å². The molecule has 3 rings (SSSR count). The summed E-state index contributed by atoms with van der Waals surface area (Å²) >= 11 is 1.68. The Morgan fingerprint density at radius 2 is 2.41 bits per heavy atom. The number of nitrogens with zero attached hydrogens (tertiary/aromatic N) is 2. The highest BCUT2D eigenvalue weighted by molar-refractivity contribution is 7.15. The molecule has 2 heterocycles. The highest BCUT2D eigenvalue weighted by Gasteiger charge is 2.17. The number of hydrogen-bond acceptors (Lipinski definition) is 6. The van der Waals surface area contributed by atoms with Crippen LogP contribution in [0.1, 0.15) is 4.88 Å². The summed E-state index contributed by atoms with van der Waals surface area (Å²) in [4.78, 5) is 7.91. The van der Waals surface area contributed by atoms with Crippen molar-refractivity contribution in [1.29, 1.82) is 0 Å². The van der Waals surface area contributed by atoms with Gasteiger partial charge in [-0.25, -0.2) is 4.98 Å². The van der Waals surface area contributed by atoms with Crippen LogP contribution in [0.3, 0.4) is 0 Å². The lowest BCUT2D eigenvalue weighted by molar-refractivity contribution is 0.0562. The quantitative estimate of drug-likeness (QED) is 0.934. The van der Waals surface area contributed by atoms with Crippen LogP contribution in [0.4, 0.5) is 0 Å². The van der Waals surface area contributed by atoms with E-state index >= 15 is 0 Å². The first-order valence-corrected chi connectivity index (χ1v) is 8.13. The minimum absolute atomic E-state index is 0.409. The maximum Gasteiger partial charge on any atom is 0.123 e. The maximum atomic E-state index is 9.79. The minimum atomic E-state index is -0.409. The molecule has 1 aliphatic rings. The average Bonchev–Trinajstić information content (AvgIpc) is 2.90. The molecule has 2 aromatic rings. The van der Waals surface area contributed by atoms with E-state index in [1.54, 1.807) is 18.4 Å². The Morgan fingerprint density at radius 1 is 1.50 bits per heavy atom. The number of aliphatic hydroxyl groups excluding tert-OH is 1. The zero-order valence-corrected chi connectivity index (χ0v) is 13.4. The van der Waals surface area contributed by atoms with Crippen LogP contribution >= 0.6 is 11.3 Å². The summed E-state index contributed by atoms with van der Waals surface area (Å²) in [5, 5.41) is 10.8. The maximum absolute atomic E-state index is 9.79. The number of methoxy groups -OCH3 is 1. The zero-order valence-electron chi connectivity index (χ0n) is 12.6. The summed E-state index contributed by atoms with van der Waals surface area (Å²) in [7, 11) is 1.67. The average molecular weight is 320 g/mol.